The van der Waals surface area contributed by atoms with Gasteiger partial charge in [0, 0.05) is 12.6 Å². The van der Waals surface area contributed by atoms with E-state index in [-0.39, 0.29) is 23.5 Å². The van der Waals surface area contributed by atoms with Crippen LogP contribution in [0.25, 0.3) is 0 Å². The molecule has 0 amide bonds. The van der Waals surface area contributed by atoms with E-state index in [2.05, 4.69) is 4.72 Å². The van der Waals surface area contributed by atoms with Crippen LogP contribution in [0.1, 0.15) is 19.3 Å². The molecule has 1 aliphatic rings. The molecular weight excluding hydrogens is 257 g/mol. The first-order valence-electron chi connectivity index (χ1n) is 5.92. The van der Waals surface area contributed by atoms with Crippen molar-refractivity contribution < 1.29 is 17.9 Å². The minimum absolute atomic E-state index is 0.0824. The second-order valence-electron chi connectivity index (χ2n) is 4.51. The van der Waals surface area contributed by atoms with Crippen molar-refractivity contribution in [2.45, 2.75) is 30.2 Å². The lowest BCUT2D eigenvalue weighted by Gasteiger charge is -2.17. The highest BCUT2D eigenvalue weighted by atomic mass is 32.2. The molecule has 0 aliphatic heterocycles. The summed E-state index contributed by atoms with van der Waals surface area (Å²) in [7, 11) is -3.85. The Balaban J connectivity index is 2.18. The molecule has 0 radical (unpaired) electrons. The number of rotatable bonds is 6. The normalized spacial score (nSPS) is 17.7. The van der Waals surface area contributed by atoms with Crippen LogP contribution in [0.15, 0.2) is 29.2 Å². The Morgan fingerprint density at radius 1 is 1.39 bits per heavy atom. The summed E-state index contributed by atoms with van der Waals surface area (Å²) in [5.41, 5.74) is 0. The minimum atomic E-state index is -3.85. The van der Waals surface area contributed by atoms with E-state index in [1.54, 1.807) is 0 Å². The average molecular weight is 273 g/mol. The van der Waals surface area contributed by atoms with Crippen LogP contribution in [-0.2, 0) is 10.0 Å². The zero-order valence-corrected chi connectivity index (χ0v) is 10.7. The highest BCUT2D eigenvalue weighted by Crippen LogP contribution is 2.34. The second-order valence-corrected chi connectivity index (χ2v) is 6.19. The maximum Gasteiger partial charge on any atom is 0.243 e. The lowest BCUT2D eigenvalue weighted by atomic mass is 10.1. The van der Waals surface area contributed by atoms with E-state index in [1.807, 2.05) is 0 Å². The van der Waals surface area contributed by atoms with Crippen molar-refractivity contribution in [3.63, 3.8) is 0 Å². The predicted molar refractivity (Wildman–Crippen MR) is 64.9 cm³/mol. The molecule has 100 valence electrons. The molecule has 2 N–H and O–H groups in total. The Morgan fingerprint density at radius 3 is 2.61 bits per heavy atom. The van der Waals surface area contributed by atoms with Crippen LogP contribution in [0, 0.1) is 11.7 Å². The van der Waals surface area contributed by atoms with Gasteiger partial charge in [-0.3, -0.25) is 0 Å². The van der Waals surface area contributed by atoms with Gasteiger partial charge in [-0.2, -0.15) is 0 Å². The third kappa shape index (κ3) is 3.07. The van der Waals surface area contributed by atoms with Crippen molar-refractivity contribution in [1.29, 1.82) is 0 Å². The van der Waals surface area contributed by atoms with Crippen molar-refractivity contribution in [2.24, 2.45) is 5.92 Å². The molecule has 1 aromatic rings. The standard InChI is InChI=1S/C12H16FNO3S/c13-10-3-1-2-4-12(10)18(16,17)14-11(7-8-15)9-5-6-9/h1-4,9,11,14-15H,5-8H2. The fourth-order valence-electron chi connectivity index (χ4n) is 1.95. The fourth-order valence-corrected chi connectivity index (χ4v) is 3.37. The summed E-state index contributed by atoms with van der Waals surface area (Å²) in [5, 5.41) is 8.93. The van der Waals surface area contributed by atoms with Crippen LogP contribution in [-0.4, -0.2) is 26.2 Å². The highest BCUT2D eigenvalue weighted by molar-refractivity contribution is 7.89. The van der Waals surface area contributed by atoms with E-state index in [9.17, 15) is 12.8 Å². The maximum absolute atomic E-state index is 13.5. The quantitative estimate of drug-likeness (QED) is 0.820. The van der Waals surface area contributed by atoms with Crippen LogP contribution < -0.4 is 4.72 Å². The summed E-state index contributed by atoms with van der Waals surface area (Å²) >= 11 is 0. The largest absolute Gasteiger partial charge is 0.396 e. The van der Waals surface area contributed by atoms with Crippen molar-refractivity contribution in [3.8, 4) is 0 Å². The van der Waals surface area contributed by atoms with Crippen molar-refractivity contribution >= 4 is 10.0 Å². The molecule has 0 saturated heterocycles. The second kappa shape index (κ2) is 5.34. The van der Waals surface area contributed by atoms with E-state index in [1.165, 1.54) is 18.2 Å². The number of hydrogen-bond acceptors (Lipinski definition) is 3. The van der Waals surface area contributed by atoms with E-state index in [0.717, 1.165) is 18.9 Å². The van der Waals surface area contributed by atoms with Gasteiger partial charge in [-0.25, -0.2) is 17.5 Å². The monoisotopic (exact) mass is 273 g/mol. The van der Waals surface area contributed by atoms with Crippen LogP contribution in [0.3, 0.4) is 0 Å². The lowest BCUT2D eigenvalue weighted by molar-refractivity contribution is 0.265. The summed E-state index contributed by atoms with van der Waals surface area (Å²) in [6.45, 7) is -0.0824. The smallest absolute Gasteiger partial charge is 0.243 e. The first kappa shape index (κ1) is 13.5. The molecular formula is C12H16FNO3S. The number of aliphatic hydroxyl groups is 1. The first-order chi connectivity index (χ1) is 8.54. The maximum atomic E-state index is 13.5. The molecule has 1 aromatic carbocycles. The Morgan fingerprint density at radius 2 is 2.06 bits per heavy atom. The zero-order chi connectivity index (χ0) is 13.2. The van der Waals surface area contributed by atoms with E-state index < -0.39 is 15.8 Å². The van der Waals surface area contributed by atoms with Gasteiger partial charge in [-0.1, -0.05) is 12.1 Å². The number of aliphatic hydroxyl groups excluding tert-OH is 1. The first-order valence-corrected chi connectivity index (χ1v) is 7.40. The molecule has 18 heavy (non-hydrogen) atoms. The third-order valence-electron chi connectivity index (χ3n) is 3.06. The Bertz CT molecular complexity index is 514. The van der Waals surface area contributed by atoms with Gasteiger partial charge < -0.3 is 5.11 Å². The Labute approximate surface area is 106 Å². The topological polar surface area (TPSA) is 66.4 Å². The van der Waals surface area contributed by atoms with Gasteiger partial charge in [-0.15, -0.1) is 0 Å². The van der Waals surface area contributed by atoms with E-state index in [4.69, 9.17) is 5.11 Å². The number of halogens is 1. The van der Waals surface area contributed by atoms with Crippen LogP contribution in [0.5, 0.6) is 0 Å². The molecule has 1 aliphatic carbocycles. The molecule has 0 aromatic heterocycles. The number of sulfonamides is 1. The van der Waals surface area contributed by atoms with Gasteiger partial charge in [0.25, 0.3) is 0 Å². The fraction of sp³-hybridized carbons (Fsp3) is 0.500. The van der Waals surface area contributed by atoms with Gasteiger partial charge in [0.15, 0.2) is 0 Å². The molecule has 1 saturated carbocycles. The van der Waals surface area contributed by atoms with Gasteiger partial charge in [0.05, 0.1) is 0 Å². The predicted octanol–water partition coefficient (Wildman–Crippen LogP) is 1.26. The van der Waals surface area contributed by atoms with Crippen molar-refractivity contribution in [1.82, 2.24) is 4.72 Å². The van der Waals surface area contributed by atoms with Crippen molar-refractivity contribution in [2.75, 3.05) is 6.61 Å². The molecule has 4 nitrogen and oxygen atoms in total. The lowest BCUT2D eigenvalue weighted by Crippen LogP contribution is -2.37. The van der Waals surface area contributed by atoms with Crippen molar-refractivity contribution in [3.05, 3.63) is 30.1 Å². The molecule has 1 fully saturated rings. The highest BCUT2D eigenvalue weighted by Gasteiger charge is 2.34. The van der Waals surface area contributed by atoms with Crippen LogP contribution in [0.2, 0.25) is 0 Å². The molecule has 1 atom stereocenters. The molecule has 6 heteroatoms. The van der Waals surface area contributed by atoms with Gasteiger partial charge >= 0.3 is 0 Å². The number of hydrogen-bond donors (Lipinski definition) is 2. The third-order valence-corrected chi connectivity index (χ3v) is 4.59. The molecule has 0 heterocycles. The summed E-state index contributed by atoms with van der Waals surface area (Å²) < 4.78 is 40.0. The minimum Gasteiger partial charge on any atom is -0.396 e. The summed E-state index contributed by atoms with van der Waals surface area (Å²) in [5.74, 6) is -0.498. The Kier molecular flexibility index (Phi) is 3.99. The number of benzene rings is 1. The van der Waals surface area contributed by atoms with Gasteiger partial charge in [-0.05, 0) is 37.3 Å². The SMILES string of the molecule is O=S(=O)(NC(CCO)C1CC1)c1ccccc1F. The molecule has 0 spiro atoms. The van der Waals surface area contributed by atoms with Crippen LogP contribution in [0.4, 0.5) is 4.39 Å². The number of nitrogens with one attached hydrogen (secondary N) is 1. The Hall–Kier alpha value is -0.980. The van der Waals surface area contributed by atoms with Gasteiger partial charge in [0.2, 0.25) is 10.0 Å². The summed E-state index contributed by atoms with van der Waals surface area (Å²) in [6.07, 6.45) is 2.26. The summed E-state index contributed by atoms with van der Waals surface area (Å²) in [4.78, 5) is -0.339. The molecule has 1 unspecified atom stereocenters. The summed E-state index contributed by atoms with van der Waals surface area (Å²) in [6, 6.07) is 4.98. The zero-order valence-electron chi connectivity index (χ0n) is 9.84. The molecule has 2 rings (SSSR count). The molecule has 0 bridgehead atoms. The average Bonchev–Trinajstić information content (AvgIpc) is 3.12. The van der Waals surface area contributed by atoms with E-state index >= 15 is 0 Å². The van der Waals surface area contributed by atoms with Crippen LogP contribution >= 0.6 is 0 Å². The van der Waals surface area contributed by atoms with Gasteiger partial charge in [0.1, 0.15) is 10.7 Å². The van der Waals surface area contributed by atoms with E-state index in [0.29, 0.717) is 6.42 Å².